The summed E-state index contributed by atoms with van der Waals surface area (Å²) in [5, 5.41) is 7.50. The number of hydrogen-bond donors (Lipinski definition) is 2. The molecule has 7 saturated heterocycles. The van der Waals surface area contributed by atoms with Gasteiger partial charge in [-0.25, -0.2) is 24.0 Å². The molecule has 8 fully saturated rings. The van der Waals surface area contributed by atoms with Crippen LogP contribution in [0.3, 0.4) is 0 Å². The van der Waals surface area contributed by atoms with Crippen LogP contribution in [-0.4, -0.2) is 251 Å². The van der Waals surface area contributed by atoms with Gasteiger partial charge in [0.25, 0.3) is 69.2 Å². The number of hydroxylamine groups is 10. The predicted octanol–water partition coefficient (Wildman–Crippen LogP) is 6.28. The summed E-state index contributed by atoms with van der Waals surface area (Å²) in [4.78, 5) is 299. The van der Waals surface area contributed by atoms with Crippen LogP contribution in [0.2, 0.25) is 0 Å². The minimum atomic E-state index is -4.18. The fraction of sp³-hybridized carbons (Fsp3) is 0.729. The van der Waals surface area contributed by atoms with Crippen LogP contribution >= 0.6 is 35.3 Å². The lowest BCUT2D eigenvalue weighted by atomic mass is 9.82. The topological polar surface area (TPSA) is 529 Å². The first-order valence-corrected chi connectivity index (χ1v) is 48.1. The number of likely N-dealkylation sites (tertiary alicyclic amines) is 2. The van der Waals surface area contributed by atoms with Crippen molar-refractivity contribution in [1.29, 1.82) is 0 Å². The van der Waals surface area contributed by atoms with Gasteiger partial charge in [-0.2, -0.15) is 43.7 Å². The Morgan fingerprint density at radius 2 is 0.798 bits per heavy atom. The van der Waals surface area contributed by atoms with Gasteiger partial charge in [0.1, 0.15) is 5.78 Å². The van der Waals surface area contributed by atoms with Crippen LogP contribution in [0, 0.1) is 65.1 Å². The van der Waals surface area contributed by atoms with Crippen molar-refractivity contribution >= 4 is 181 Å². The molecular weight excluding hydrogens is 1770 g/mol. The lowest BCUT2D eigenvalue weighted by Gasteiger charge is -2.30. The molecule has 9 atom stereocenters. The molecular formula is C85H127N9O31S4. The number of carbonyl (C=O) groups is 23. The summed E-state index contributed by atoms with van der Waals surface area (Å²) in [6.07, 6.45) is 4.60. The van der Waals surface area contributed by atoms with Crippen molar-refractivity contribution in [3.05, 3.63) is 0 Å². The predicted molar refractivity (Wildman–Crippen MR) is 462 cm³/mol. The maximum atomic E-state index is 12.4. The molecule has 8 rings (SSSR count). The SMILES string of the molecule is CC(C)SC(C)CCC(=O)ON1C(=O)CC(C)C1=O.CC(C)SCCCC(=O)ON1C(=O)CC(C)C1=O.CC1CC(=O)N(OC(=O)C2CCC(CN3C(=O)CC(C(C)C)C3=O)CC2)C1=O.CC1CC(=O)N(OC(=O)CCNC(=O)CCC(=O)CNC(=O)CCC(=O)CCCN2C(=O)CC(C(C)C)C2=O)C1=O.COS(=O)(=O)C(CCSC(C)C)C(=O)ON1C(=O)CC(C)C1=O. The van der Waals surface area contributed by atoms with Crippen LogP contribution in [0.4, 0.5) is 0 Å². The molecule has 9 unspecified atom stereocenters. The maximum Gasteiger partial charge on any atom is 0.353 e. The molecule has 44 heteroatoms. The van der Waals surface area contributed by atoms with E-state index in [2.05, 4.69) is 42.5 Å². The molecule has 1 saturated carbocycles. The van der Waals surface area contributed by atoms with E-state index in [-0.39, 0.29) is 198 Å². The number of amides is 16. The molecule has 40 nitrogen and oxygen atoms in total. The average molecular weight is 1900 g/mol. The van der Waals surface area contributed by atoms with Crippen molar-refractivity contribution in [1.82, 2.24) is 45.7 Å². The third kappa shape index (κ3) is 36.3. The highest BCUT2D eigenvalue weighted by atomic mass is 32.2. The molecule has 722 valence electrons. The highest BCUT2D eigenvalue weighted by Gasteiger charge is 2.48. The monoisotopic (exact) mass is 1900 g/mol. The standard InChI is InChI=1S/C27H38N4O10.C20H28N2O6.C13H21NO7S2.C13H21NO4S.C12H19NO4S/c1-16(2)20-14-23(36)30(27(20)40)12-4-5-18(32)6-8-22(35)29-15-19(33)7-9-21(34)28-11-10-25(38)41-31-24(37)13-17(3)26(31)39;1-11(2)15-9-16(23)21(19(15)26)10-13-4-6-14(7-5-13)20(27)28-22-17(24)8-12(3)18(22)25;1-8(2)22-6-5-10(23(18,19)20-4)13(17)21-14-11(15)7-9(3)12(14)16;1-8(2)19-10(4)5-6-12(16)18-14-11(15)7-9(3)13(14)17;1-8(2)18-6-4-5-11(15)17-13-10(14)7-9(3)12(13)16/h16-17,20H,4-15H2,1-3H3,(H,28,34)(H,29,35);11-15H,4-10H2,1-3H3;8-10H,5-7H2,1-4H3;8-10H,5-7H2,1-4H3;8-9H,4-7H2,1-3H3. The average Bonchev–Trinajstić information content (AvgIpc) is 1.66. The molecule has 129 heavy (non-hydrogen) atoms. The second-order valence-corrected chi connectivity index (χ2v) is 41.7. The molecule has 0 spiro atoms. The third-order valence-electron chi connectivity index (χ3n) is 21.5. The van der Waals surface area contributed by atoms with E-state index in [0.29, 0.717) is 98.3 Å². The summed E-state index contributed by atoms with van der Waals surface area (Å²) in [7, 11) is -3.24. The molecule has 0 aromatic heterocycles. The Bertz CT molecular complexity index is 4240. The summed E-state index contributed by atoms with van der Waals surface area (Å²) in [5.74, 6) is -12.8. The molecule has 16 amide bonds. The van der Waals surface area contributed by atoms with E-state index in [1.54, 1.807) is 51.2 Å². The Morgan fingerprint density at radius 1 is 0.403 bits per heavy atom. The van der Waals surface area contributed by atoms with Crippen LogP contribution in [0.1, 0.15) is 258 Å². The van der Waals surface area contributed by atoms with E-state index in [1.165, 1.54) is 28.5 Å². The number of Topliss-reactive ketones (excluding diaryl/α,β-unsaturated/α-hetero) is 2. The van der Waals surface area contributed by atoms with Gasteiger partial charge < -0.3 is 34.8 Å². The molecule has 0 bridgehead atoms. The van der Waals surface area contributed by atoms with Crippen LogP contribution in [-0.2, 0) is 149 Å². The molecule has 2 N–H and O–H groups in total. The lowest BCUT2D eigenvalue weighted by Crippen LogP contribution is -2.40. The van der Waals surface area contributed by atoms with Gasteiger partial charge in [0.2, 0.25) is 35.4 Å². The number of hydrogen-bond acceptors (Lipinski definition) is 34. The largest absolute Gasteiger partial charge is 0.356 e. The fourth-order valence-electron chi connectivity index (χ4n) is 13.9. The van der Waals surface area contributed by atoms with E-state index >= 15 is 0 Å². The molecule has 0 aromatic carbocycles. The number of nitrogens with one attached hydrogen (secondary N) is 2. The quantitative estimate of drug-likeness (QED) is 0.0386. The zero-order valence-electron chi connectivity index (χ0n) is 76.7. The summed E-state index contributed by atoms with van der Waals surface area (Å²) in [6.45, 7) is 30.1. The smallest absolute Gasteiger partial charge is 0.353 e. The van der Waals surface area contributed by atoms with Crippen molar-refractivity contribution in [2.24, 2.45) is 65.1 Å². The highest BCUT2D eigenvalue weighted by molar-refractivity contribution is 8.00. The number of ketones is 2. The van der Waals surface area contributed by atoms with Gasteiger partial charge >= 0.3 is 29.8 Å². The van der Waals surface area contributed by atoms with Crippen LogP contribution in [0.15, 0.2) is 0 Å². The number of imide groups is 7. The summed E-state index contributed by atoms with van der Waals surface area (Å²) in [6, 6.07) is 0. The molecule has 0 aromatic rings. The normalized spacial score (nSPS) is 22.2. The van der Waals surface area contributed by atoms with Crippen molar-refractivity contribution in [3.8, 4) is 0 Å². The Morgan fingerprint density at radius 3 is 1.21 bits per heavy atom. The van der Waals surface area contributed by atoms with Gasteiger partial charge in [-0.1, -0.05) is 111 Å². The van der Waals surface area contributed by atoms with Gasteiger partial charge in [-0.05, 0) is 96.4 Å². The number of rotatable bonds is 42. The van der Waals surface area contributed by atoms with Crippen molar-refractivity contribution < 1.29 is 147 Å². The zero-order chi connectivity index (χ0) is 97.3. The van der Waals surface area contributed by atoms with Crippen LogP contribution in [0.5, 0.6) is 0 Å². The van der Waals surface area contributed by atoms with Crippen LogP contribution < -0.4 is 10.6 Å². The molecule has 7 heterocycles. The van der Waals surface area contributed by atoms with Crippen LogP contribution in [0.25, 0.3) is 0 Å². The van der Waals surface area contributed by atoms with Gasteiger partial charge in [-0.15, -0.1) is 25.3 Å². The van der Waals surface area contributed by atoms with Crippen molar-refractivity contribution in [2.45, 2.75) is 285 Å². The molecule has 0 radical (unpaired) electrons. The number of thioether (sulfide) groups is 3. The first kappa shape index (κ1) is 112. The van der Waals surface area contributed by atoms with Gasteiger partial charge in [0.15, 0.2) is 11.0 Å². The summed E-state index contributed by atoms with van der Waals surface area (Å²) < 4.78 is 28.2. The Kier molecular flexibility index (Phi) is 46.6. The third-order valence-corrected chi connectivity index (χ3v) is 26.7. The van der Waals surface area contributed by atoms with E-state index in [9.17, 15) is 119 Å². The second-order valence-electron chi connectivity index (χ2n) is 34.4. The van der Waals surface area contributed by atoms with Gasteiger partial charge in [0.05, 0.1) is 26.0 Å². The van der Waals surface area contributed by atoms with Gasteiger partial charge in [0, 0.05) is 156 Å². The highest BCUT2D eigenvalue weighted by Crippen LogP contribution is 2.36. The van der Waals surface area contributed by atoms with Crippen molar-refractivity contribution in [3.63, 3.8) is 0 Å². The van der Waals surface area contributed by atoms with Gasteiger partial charge in [-0.3, -0.25) is 100 Å². The Balaban J connectivity index is 0.000000350. The minimum Gasteiger partial charge on any atom is -0.356 e. The fourth-order valence-corrected chi connectivity index (χ4v) is 17.7. The second kappa shape index (κ2) is 53.8. The first-order chi connectivity index (χ1) is 60.3. The minimum absolute atomic E-state index is 0.0381. The number of nitrogens with zero attached hydrogens (tertiary/aromatic N) is 7. The summed E-state index contributed by atoms with van der Waals surface area (Å²) >= 11 is 5.02. The zero-order valence-corrected chi connectivity index (χ0v) is 79.9. The summed E-state index contributed by atoms with van der Waals surface area (Å²) in [5.41, 5.74) is 0. The lowest BCUT2D eigenvalue weighted by molar-refractivity contribution is -0.202. The van der Waals surface area contributed by atoms with E-state index in [1.807, 2.05) is 48.5 Å². The number of carbonyl (C=O) groups excluding carboxylic acids is 23. The Hall–Kier alpha value is -9.43. The van der Waals surface area contributed by atoms with E-state index in [4.69, 9.17) is 24.2 Å². The van der Waals surface area contributed by atoms with Crippen molar-refractivity contribution in [2.75, 3.05) is 44.8 Å². The Labute approximate surface area is 764 Å². The molecule has 8 aliphatic rings. The maximum absolute atomic E-state index is 12.4. The van der Waals surface area contributed by atoms with E-state index in [0.717, 1.165) is 12.9 Å². The first-order valence-electron chi connectivity index (χ1n) is 43.6. The van der Waals surface area contributed by atoms with E-state index < -0.39 is 146 Å². The molecule has 1 aliphatic carbocycles. The molecule has 7 aliphatic heterocycles.